The Bertz CT molecular complexity index is 511. The van der Waals surface area contributed by atoms with Gasteiger partial charge in [0.15, 0.2) is 0 Å². The van der Waals surface area contributed by atoms with Crippen LogP contribution in [0.2, 0.25) is 0 Å². The Labute approximate surface area is 119 Å². The predicted molar refractivity (Wildman–Crippen MR) is 78.9 cm³/mol. The molecule has 0 bridgehead atoms. The Balaban J connectivity index is 1.95. The van der Waals surface area contributed by atoms with Crippen molar-refractivity contribution in [3.8, 4) is 5.75 Å². The first-order valence-electron chi connectivity index (χ1n) is 6.70. The van der Waals surface area contributed by atoms with Crippen molar-refractivity contribution >= 4 is 0 Å². The summed E-state index contributed by atoms with van der Waals surface area (Å²) in [6.07, 6.45) is 0. The van der Waals surface area contributed by atoms with Crippen LogP contribution in [0, 0.1) is 0 Å². The van der Waals surface area contributed by atoms with Gasteiger partial charge in [0, 0.05) is 11.5 Å². The van der Waals surface area contributed by atoms with Crippen LogP contribution in [-0.4, -0.2) is 25.4 Å². The van der Waals surface area contributed by atoms with Crippen molar-refractivity contribution in [2.45, 2.75) is 12.5 Å². The summed E-state index contributed by atoms with van der Waals surface area (Å²) in [5.41, 5.74) is 2.11. The molecule has 2 aromatic carbocycles. The SMILES string of the molecule is COc1ccccc1C(CO)COCc1ccccc1. The van der Waals surface area contributed by atoms with Crippen LogP contribution < -0.4 is 4.74 Å². The molecule has 0 saturated carbocycles. The van der Waals surface area contributed by atoms with E-state index in [2.05, 4.69) is 0 Å². The van der Waals surface area contributed by atoms with Crippen LogP contribution >= 0.6 is 0 Å². The zero-order chi connectivity index (χ0) is 14.2. The van der Waals surface area contributed by atoms with E-state index in [4.69, 9.17) is 9.47 Å². The van der Waals surface area contributed by atoms with Gasteiger partial charge < -0.3 is 14.6 Å². The maximum absolute atomic E-state index is 9.56. The Morgan fingerprint density at radius 1 is 1.00 bits per heavy atom. The van der Waals surface area contributed by atoms with Gasteiger partial charge in [0.2, 0.25) is 0 Å². The Morgan fingerprint density at radius 3 is 2.40 bits per heavy atom. The van der Waals surface area contributed by atoms with Crippen LogP contribution in [0.15, 0.2) is 54.6 Å². The molecule has 2 rings (SSSR count). The number of para-hydroxylation sites is 1. The van der Waals surface area contributed by atoms with E-state index in [9.17, 15) is 5.11 Å². The molecule has 0 radical (unpaired) electrons. The first-order valence-corrected chi connectivity index (χ1v) is 6.70. The Morgan fingerprint density at radius 2 is 1.70 bits per heavy atom. The number of ether oxygens (including phenoxy) is 2. The zero-order valence-electron chi connectivity index (χ0n) is 11.7. The second-order valence-electron chi connectivity index (χ2n) is 4.62. The molecule has 0 aliphatic rings. The zero-order valence-corrected chi connectivity index (χ0v) is 11.7. The third-order valence-corrected chi connectivity index (χ3v) is 3.23. The molecular weight excluding hydrogens is 252 g/mol. The fraction of sp³-hybridized carbons (Fsp3) is 0.294. The lowest BCUT2D eigenvalue weighted by molar-refractivity contribution is 0.0875. The molecule has 106 valence electrons. The Kier molecular flexibility index (Phi) is 5.59. The van der Waals surface area contributed by atoms with E-state index in [-0.39, 0.29) is 12.5 Å². The van der Waals surface area contributed by atoms with Gasteiger partial charge >= 0.3 is 0 Å². The molecule has 0 saturated heterocycles. The first-order chi connectivity index (χ1) is 9.85. The third-order valence-electron chi connectivity index (χ3n) is 3.23. The van der Waals surface area contributed by atoms with Crippen LogP contribution in [-0.2, 0) is 11.3 Å². The number of hydrogen-bond acceptors (Lipinski definition) is 3. The van der Waals surface area contributed by atoms with Crippen molar-refractivity contribution in [3.05, 3.63) is 65.7 Å². The van der Waals surface area contributed by atoms with Gasteiger partial charge in [-0.15, -0.1) is 0 Å². The molecule has 20 heavy (non-hydrogen) atoms. The molecular formula is C17H20O3. The second-order valence-corrected chi connectivity index (χ2v) is 4.62. The van der Waals surface area contributed by atoms with Crippen LogP contribution in [0.3, 0.4) is 0 Å². The molecule has 3 heteroatoms. The normalized spacial score (nSPS) is 12.1. The summed E-state index contributed by atoms with van der Waals surface area (Å²) in [5.74, 6) is 0.713. The van der Waals surface area contributed by atoms with Gasteiger partial charge in [-0.1, -0.05) is 48.5 Å². The highest BCUT2D eigenvalue weighted by molar-refractivity contribution is 5.36. The molecule has 0 amide bonds. The molecule has 0 heterocycles. The van der Waals surface area contributed by atoms with E-state index < -0.39 is 0 Å². The maximum atomic E-state index is 9.56. The average molecular weight is 272 g/mol. The maximum Gasteiger partial charge on any atom is 0.122 e. The van der Waals surface area contributed by atoms with Gasteiger partial charge in [0.25, 0.3) is 0 Å². The average Bonchev–Trinajstić information content (AvgIpc) is 2.53. The monoisotopic (exact) mass is 272 g/mol. The number of aliphatic hydroxyl groups excluding tert-OH is 1. The van der Waals surface area contributed by atoms with Crippen molar-refractivity contribution in [2.75, 3.05) is 20.3 Å². The van der Waals surface area contributed by atoms with Crippen molar-refractivity contribution in [2.24, 2.45) is 0 Å². The van der Waals surface area contributed by atoms with E-state index in [1.165, 1.54) is 0 Å². The minimum atomic E-state index is -0.0742. The van der Waals surface area contributed by atoms with Gasteiger partial charge in [0.05, 0.1) is 26.9 Å². The summed E-state index contributed by atoms with van der Waals surface area (Å²) in [4.78, 5) is 0. The van der Waals surface area contributed by atoms with E-state index in [1.807, 2.05) is 54.6 Å². The number of methoxy groups -OCH3 is 1. The van der Waals surface area contributed by atoms with Gasteiger partial charge in [-0.05, 0) is 11.6 Å². The van der Waals surface area contributed by atoms with Gasteiger partial charge in [-0.25, -0.2) is 0 Å². The highest BCUT2D eigenvalue weighted by Gasteiger charge is 2.15. The molecule has 0 aliphatic carbocycles. The highest BCUT2D eigenvalue weighted by atomic mass is 16.5. The number of hydrogen-bond donors (Lipinski definition) is 1. The highest BCUT2D eigenvalue weighted by Crippen LogP contribution is 2.26. The molecule has 0 aliphatic heterocycles. The molecule has 1 unspecified atom stereocenters. The first kappa shape index (κ1) is 14.6. The fourth-order valence-corrected chi connectivity index (χ4v) is 2.14. The molecule has 0 aromatic heterocycles. The van der Waals surface area contributed by atoms with Gasteiger partial charge in [0.1, 0.15) is 5.75 Å². The lowest BCUT2D eigenvalue weighted by atomic mass is 10.00. The lowest BCUT2D eigenvalue weighted by Gasteiger charge is -2.17. The quantitative estimate of drug-likeness (QED) is 0.842. The van der Waals surface area contributed by atoms with Crippen LogP contribution in [0.4, 0.5) is 0 Å². The standard InChI is InChI=1S/C17H20O3/c1-19-17-10-6-5-9-16(17)15(11-18)13-20-12-14-7-3-2-4-8-14/h2-10,15,18H,11-13H2,1H3. The number of benzene rings is 2. The summed E-state index contributed by atoms with van der Waals surface area (Å²) < 4.78 is 11.0. The largest absolute Gasteiger partial charge is 0.496 e. The molecule has 1 N–H and O–H groups in total. The van der Waals surface area contributed by atoms with Crippen molar-refractivity contribution < 1.29 is 14.6 Å². The van der Waals surface area contributed by atoms with E-state index in [1.54, 1.807) is 7.11 Å². The van der Waals surface area contributed by atoms with Crippen molar-refractivity contribution in [1.29, 1.82) is 0 Å². The molecule has 0 spiro atoms. The third kappa shape index (κ3) is 3.83. The summed E-state index contributed by atoms with van der Waals surface area (Å²) >= 11 is 0. The Hall–Kier alpha value is -1.84. The van der Waals surface area contributed by atoms with Crippen LogP contribution in [0.5, 0.6) is 5.75 Å². The summed E-state index contributed by atoms with van der Waals surface area (Å²) in [7, 11) is 1.64. The summed E-state index contributed by atoms with van der Waals surface area (Å²) in [5, 5.41) is 9.56. The summed E-state index contributed by atoms with van der Waals surface area (Å²) in [6.45, 7) is 1.05. The number of rotatable bonds is 7. The van der Waals surface area contributed by atoms with Crippen LogP contribution in [0.25, 0.3) is 0 Å². The van der Waals surface area contributed by atoms with Crippen molar-refractivity contribution in [3.63, 3.8) is 0 Å². The topological polar surface area (TPSA) is 38.7 Å². The minimum absolute atomic E-state index is 0.0369. The van der Waals surface area contributed by atoms with Gasteiger partial charge in [-0.2, -0.15) is 0 Å². The summed E-state index contributed by atoms with van der Waals surface area (Å²) in [6, 6.07) is 17.7. The smallest absolute Gasteiger partial charge is 0.122 e. The minimum Gasteiger partial charge on any atom is -0.496 e. The fourth-order valence-electron chi connectivity index (χ4n) is 2.14. The van der Waals surface area contributed by atoms with E-state index >= 15 is 0 Å². The molecule has 3 nitrogen and oxygen atoms in total. The predicted octanol–water partition coefficient (Wildman–Crippen LogP) is 2.99. The molecule has 0 fully saturated rings. The molecule has 2 aromatic rings. The van der Waals surface area contributed by atoms with Crippen LogP contribution in [0.1, 0.15) is 17.0 Å². The molecule has 1 atom stereocenters. The van der Waals surface area contributed by atoms with E-state index in [0.29, 0.717) is 13.2 Å². The lowest BCUT2D eigenvalue weighted by Crippen LogP contribution is -2.13. The number of aliphatic hydroxyl groups is 1. The van der Waals surface area contributed by atoms with E-state index in [0.717, 1.165) is 16.9 Å². The van der Waals surface area contributed by atoms with Crippen molar-refractivity contribution in [1.82, 2.24) is 0 Å². The van der Waals surface area contributed by atoms with Gasteiger partial charge in [-0.3, -0.25) is 0 Å². The second kappa shape index (κ2) is 7.68.